The molecular formula is C13H19N3O2. The van der Waals surface area contributed by atoms with E-state index in [1.165, 1.54) is 0 Å². The Morgan fingerprint density at radius 2 is 2.44 bits per heavy atom. The zero-order chi connectivity index (χ0) is 13.4. The predicted molar refractivity (Wildman–Crippen MR) is 67.2 cm³/mol. The zero-order valence-corrected chi connectivity index (χ0v) is 10.6. The smallest absolute Gasteiger partial charge is 0.239 e. The van der Waals surface area contributed by atoms with Gasteiger partial charge in [-0.3, -0.25) is 4.79 Å². The van der Waals surface area contributed by atoms with Gasteiger partial charge in [-0.2, -0.15) is 5.26 Å². The van der Waals surface area contributed by atoms with Crippen LogP contribution in [0, 0.1) is 11.3 Å². The Hall–Kier alpha value is -1.80. The van der Waals surface area contributed by atoms with Gasteiger partial charge in [-0.05, 0) is 18.6 Å². The van der Waals surface area contributed by atoms with Gasteiger partial charge < -0.3 is 15.1 Å². The van der Waals surface area contributed by atoms with Crippen molar-refractivity contribution in [2.45, 2.75) is 38.8 Å². The molecule has 5 nitrogen and oxygen atoms in total. The fourth-order valence-electron chi connectivity index (χ4n) is 1.71. The van der Waals surface area contributed by atoms with Crippen LogP contribution in [0.25, 0.3) is 0 Å². The normalized spacial score (nSPS) is 11.8. The summed E-state index contributed by atoms with van der Waals surface area (Å²) >= 11 is 0. The monoisotopic (exact) mass is 249 g/mol. The Bertz CT molecular complexity index is 395. The molecule has 0 bridgehead atoms. The van der Waals surface area contributed by atoms with Gasteiger partial charge in [0.1, 0.15) is 5.76 Å². The molecule has 1 amide bonds. The van der Waals surface area contributed by atoms with E-state index in [1.807, 2.05) is 13.0 Å². The summed E-state index contributed by atoms with van der Waals surface area (Å²) < 4.78 is 5.22. The van der Waals surface area contributed by atoms with Gasteiger partial charge in [-0.25, -0.2) is 0 Å². The maximum Gasteiger partial charge on any atom is 0.239 e. The van der Waals surface area contributed by atoms with Crippen LogP contribution in [-0.4, -0.2) is 23.4 Å². The second-order valence-corrected chi connectivity index (χ2v) is 4.14. The van der Waals surface area contributed by atoms with Gasteiger partial charge >= 0.3 is 0 Å². The fraction of sp³-hybridized carbons (Fsp3) is 0.538. The summed E-state index contributed by atoms with van der Waals surface area (Å²) in [6, 6.07) is 5.12. The van der Waals surface area contributed by atoms with Crippen molar-refractivity contribution in [1.29, 1.82) is 5.26 Å². The Morgan fingerprint density at radius 3 is 3.00 bits per heavy atom. The van der Waals surface area contributed by atoms with Gasteiger partial charge in [0.2, 0.25) is 5.91 Å². The zero-order valence-electron chi connectivity index (χ0n) is 10.6. The first-order valence-corrected chi connectivity index (χ1v) is 6.12. The van der Waals surface area contributed by atoms with Gasteiger partial charge in [0, 0.05) is 6.54 Å². The molecule has 0 aliphatic rings. The summed E-state index contributed by atoms with van der Waals surface area (Å²) in [6.45, 7) is 2.73. The van der Waals surface area contributed by atoms with Crippen molar-refractivity contribution in [3.8, 4) is 6.07 Å². The van der Waals surface area contributed by atoms with E-state index in [0.717, 1.165) is 6.42 Å². The van der Waals surface area contributed by atoms with Gasteiger partial charge in [0.05, 0.1) is 31.3 Å². The first-order chi connectivity index (χ1) is 8.69. The highest BCUT2D eigenvalue weighted by molar-refractivity contribution is 5.81. The van der Waals surface area contributed by atoms with Crippen molar-refractivity contribution in [3.05, 3.63) is 24.2 Å². The molecule has 18 heavy (non-hydrogen) atoms. The Labute approximate surface area is 107 Å². The van der Waals surface area contributed by atoms with Crippen molar-refractivity contribution in [3.63, 3.8) is 0 Å². The molecule has 0 spiro atoms. The lowest BCUT2D eigenvalue weighted by atomic mass is 10.1. The second-order valence-electron chi connectivity index (χ2n) is 4.14. The van der Waals surface area contributed by atoms with Crippen molar-refractivity contribution in [2.24, 2.45) is 5.73 Å². The van der Waals surface area contributed by atoms with E-state index in [4.69, 9.17) is 15.4 Å². The number of hydrogen-bond donors (Lipinski definition) is 1. The Kier molecular flexibility index (Phi) is 5.95. The lowest BCUT2D eigenvalue weighted by Gasteiger charge is -2.23. The molecule has 0 saturated carbocycles. The average molecular weight is 249 g/mol. The molecule has 1 heterocycles. The van der Waals surface area contributed by atoms with Crippen LogP contribution < -0.4 is 5.73 Å². The summed E-state index contributed by atoms with van der Waals surface area (Å²) in [7, 11) is 0. The minimum atomic E-state index is -0.497. The predicted octanol–water partition coefficient (Wildman–Crippen LogP) is 1.65. The van der Waals surface area contributed by atoms with E-state index < -0.39 is 6.04 Å². The van der Waals surface area contributed by atoms with Crippen LogP contribution in [0.5, 0.6) is 0 Å². The Balaban J connectivity index is 2.65. The van der Waals surface area contributed by atoms with Crippen LogP contribution in [0.3, 0.4) is 0 Å². The number of nitriles is 1. The van der Waals surface area contributed by atoms with Crippen LogP contribution in [0.15, 0.2) is 22.8 Å². The molecule has 0 aliphatic heterocycles. The van der Waals surface area contributed by atoms with E-state index >= 15 is 0 Å². The lowest BCUT2D eigenvalue weighted by Crippen LogP contribution is -2.43. The van der Waals surface area contributed by atoms with Crippen molar-refractivity contribution >= 4 is 5.91 Å². The topological polar surface area (TPSA) is 83.3 Å². The molecule has 0 unspecified atom stereocenters. The summed E-state index contributed by atoms with van der Waals surface area (Å²) in [5.74, 6) is 0.577. The SMILES string of the molecule is CCC[C@H](N)C(=O)N(CCC#N)Cc1ccco1. The molecule has 0 saturated heterocycles. The largest absolute Gasteiger partial charge is 0.467 e. The highest BCUT2D eigenvalue weighted by Crippen LogP contribution is 2.09. The van der Waals surface area contributed by atoms with Crippen LogP contribution in [0.2, 0.25) is 0 Å². The molecule has 0 aromatic carbocycles. The Morgan fingerprint density at radius 1 is 1.67 bits per heavy atom. The van der Waals surface area contributed by atoms with Gasteiger partial charge in [-0.15, -0.1) is 0 Å². The van der Waals surface area contributed by atoms with Gasteiger partial charge in [-0.1, -0.05) is 13.3 Å². The molecule has 5 heteroatoms. The number of rotatable bonds is 7. The summed E-state index contributed by atoms with van der Waals surface area (Å²) in [5.41, 5.74) is 5.82. The molecular weight excluding hydrogens is 230 g/mol. The fourth-order valence-corrected chi connectivity index (χ4v) is 1.71. The molecule has 2 N–H and O–H groups in total. The number of amides is 1. The van der Waals surface area contributed by atoms with Crippen LogP contribution in [-0.2, 0) is 11.3 Å². The van der Waals surface area contributed by atoms with E-state index in [2.05, 4.69) is 0 Å². The maximum atomic E-state index is 12.1. The van der Waals surface area contributed by atoms with Crippen LogP contribution in [0.1, 0.15) is 31.9 Å². The molecule has 98 valence electrons. The average Bonchev–Trinajstić information content (AvgIpc) is 2.86. The highest BCUT2D eigenvalue weighted by Gasteiger charge is 2.20. The maximum absolute atomic E-state index is 12.1. The minimum absolute atomic E-state index is 0.122. The molecule has 1 aromatic heterocycles. The molecule has 0 fully saturated rings. The number of nitrogens with zero attached hydrogens (tertiary/aromatic N) is 2. The first-order valence-electron chi connectivity index (χ1n) is 6.12. The number of hydrogen-bond acceptors (Lipinski definition) is 4. The van der Waals surface area contributed by atoms with Crippen LogP contribution in [0.4, 0.5) is 0 Å². The molecule has 0 radical (unpaired) electrons. The molecule has 1 atom stereocenters. The van der Waals surface area contributed by atoms with Gasteiger partial charge in [0.15, 0.2) is 0 Å². The highest BCUT2D eigenvalue weighted by atomic mass is 16.3. The summed E-state index contributed by atoms with van der Waals surface area (Å²) in [4.78, 5) is 13.7. The third kappa shape index (κ3) is 4.22. The number of carbonyl (C=O) groups is 1. The summed E-state index contributed by atoms with van der Waals surface area (Å²) in [5, 5.41) is 8.62. The van der Waals surface area contributed by atoms with Crippen molar-refractivity contribution < 1.29 is 9.21 Å². The number of carbonyl (C=O) groups excluding carboxylic acids is 1. The van der Waals surface area contributed by atoms with Crippen molar-refractivity contribution in [1.82, 2.24) is 4.90 Å². The number of furan rings is 1. The lowest BCUT2D eigenvalue weighted by molar-refractivity contribution is -0.133. The third-order valence-electron chi connectivity index (χ3n) is 2.65. The third-order valence-corrected chi connectivity index (χ3v) is 2.65. The quantitative estimate of drug-likeness (QED) is 0.796. The number of nitrogens with two attached hydrogens (primary N) is 1. The van der Waals surface area contributed by atoms with E-state index in [0.29, 0.717) is 31.7 Å². The minimum Gasteiger partial charge on any atom is -0.467 e. The van der Waals surface area contributed by atoms with E-state index in [-0.39, 0.29) is 5.91 Å². The van der Waals surface area contributed by atoms with E-state index in [1.54, 1.807) is 23.3 Å². The summed E-state index contributed by atoms with van der Waals surface area (Å²) in [6.07, 6.45) is 3.37. The molecule has 0 aliphatic carbocycles. The van der Waals surface area contributed by atoms with Gasteiger partial charge in [0.25, 0.3) is 0 Å². The van der Waals surface area contributed by atoms with Crippen molar-refractivity contribution in [2.75, 3.05) is 6.54 Å². The standard InChI is InChI=1S/C13H19N3O2/c1-2-5-12(15)13(17)16(8-4-7-14)10-11-6-3-9-18-11/h3,6,9,12H,2,4-5,8,10,15H2,1H3/t12-/m0/s1. The first kappa shape index (κ1) is 14.3. The molecule has 1 aromatic rings. The second kappa shape index (κ2) is 7.51. The molecule has 1 rings (SSSR count). The van der Waals surface area contributed by atoms with E-state index in [9.17, 15) is 4.79 Å². The van der Waals surface area contributed by atoms with Crippen LogP contribution >= 0.6 is 0 Å².